The first kappa shape index (κ1) is 25.4. The third-order valence-electron chi connectivity index (χ3n) is 6.29. The molecule has 0 radical (unpaired) electrons. The number of fused-ring (bicyclic) bond motifs is 1. The Morgan fingerprint density at radius 1 is 1.21 bits per heavy atom. The standard InChI is InChI=1S/C25H26FN7O5/c1-12-4-5-16(26)13(6-12)9-29-22-17-23(32-21(31-22)14-7-15(37-3)10-28-8-14)33(11-30-17)25-19(35)18(34)20(38-25)24(36)27-2/h4-8,10-11,18-20,25,34-35H,9H2,1-3H3,(H,27,36)(H,29,31,32)/t18-,19+,20-,25+/m0/s1. The molecule has 3 aromatic heterocycles. The van der Waals surface area contributed by atoms with Gasteiger partial charge in [-0.3, -0.25) is 14.3 Å². The summed E-state index contributed by atoms with van der Waals surface area (Å²) >= 11 is 0. The van der Waals surface area contributed by atoms with E-state index in [0.29, 0.717) is 28.2 Å². The van der Waals surface area contributed by atoms with Gasteiger partial charge in [0, 0.05) is 30.9 Å². The summed E-state index contributed by atoms with van der Waals surface area (Å²) in [5.41, 5.74) is 2.43. The van der Waals surface area contributed by atoms with E-state index in [0.717, 1.165) is 5.56 Å². The number of nitrogens with zero attached hydrogens (tertiary/aromatic N) is 5. The van der Waals surface area contributed by atoms with E-state index in [1.807, 2.05) is 6.92 Å². The summed E-state index contributed by atoms with van der Waals surface area (Å²) in [6.45, 7) is 1.98. The average Bonchev–Trinajstić information content (AvgIpc) is 3.49. The molecule has 1 aromatic carbocycles. The van der Waals surface area contributed by atoms with Crippen molar-refractivity contribution in [2.45, 2.75) is 38.0 Å². The van der Waals surface area contributed by atoms with Crippen LogP contribution in [0.15, 0.2) is 43.0 Å². The van der Waals surface area contributed by atoms with Gasteiger partial charge in [-0.05, 0) is 19.1 Å². The van der Waals surface area contributed by atoms with Crippen molar-refractivity contribution in [1.82, 2.24) is 29.8 Å². The molecule has 0 aliphatic carbocycles. The largest absolute Gasteiger partial charge is 0.495 e. The van der Waals surface area contributed by atoms with Gasteiger partial charge in [-0.2, -0.15) is 0 Å². The minimum atomic E-state index is -1.47. The molecule has 4 aromatic rings. The average molecular weight is 524 g/mol. The minimum Gasteiger partial charge on any atom is -0.495 e. The van der Waals surface area contributed by atoms with Crippen LogP contribution in [-0.4, -0.2) is 73.1 Å². The highest BCUT2D eigenvalue weighted by Gasteiger charge is 2.47. The SMILES string of the molecule is CNC(=O)[C@H]1O[C@@H](n2cnc3c(NCc4cc(C)ccc4F)nc(-c4cncc(OC)c4)nc32)[C@H](O)[C@@H]1O. The van der Waals surface area contributed by atoms with Gasteiger partial charge >= 0.3 is 0 Å². The van der Waals surface area contributed by atoms with Gasteiger partial charge in [0.05, 0.1) is 19.6 Å². The van der Waals surface area contributed by atoms with Crippen molar-refractivity contribution in [1.29, 1.82) is 0 Å². The Morgan fingerprint density at radius 3 is 2.79 bits per heavy atom. The number of anilines is 1. The quantitative estimate of drug-likeness (QED) is 0.279. The Kier molecular flexibility index (Phi) is 6.89. The number of aliphatic hydroxyl groups is 2. The number of amides is 1. The molecule has 0 unspecified atom stereocenters. The Balaban J connectivity index is 1.59. The number of aromatic nitrogens is 5. The van der Waals surface area contributed by atoms with Gasteiger partial charge in [-0.15, -0.1) is 0 Å². The highest BCUT2D eigenvalue weighted by molar-refractivity contribution is 5.85. The number of hydrogen-bond acceptors (Lipinski definition) is 10. The number of benzene rings is 1. The number of aryl methyl sites for hydroxylation is 1. The summed E-state index contributed by atoms with van der Waals surface area (Å²) in [6.07, 6.45) is -0.894. The van der Waals surface area contributed by atoms with Gasteiger partial charge in [-0.1, -0.05) is 17.7 Å². The molecule has 4 atom stereocenters. The molecule has 0 saturated carbocycles. The van der Waals surface area contributed by atoms with Crippen LogP contribution in [-0.2, 0) is 16.1 Å². The number of pyridine rings is 1. The van der Waals surface area contributed by atoms with Crippen LogP contribution in [0.25, 0.3) is 22.6 Å². The van der Waals surface area contributed by atoms with Gasteiger partial charge in [0.1, 0.15) is 23.8 Å². The predicted molar refractivity (Wildman–Crippen MR) is 134 cm³/mol. The summed E-state index contributed by atoms with van der Waals surface area (Å²) in [6, 6.07) is 6.52. The second-order valence-electron chi connectivity index (χ2n) is 8.82. The first-order chi connectivity index (χ1) is 18.3. The normalized spacial score (nSPS) is 21.0. The molecule has 1 amide bonds. The Bertz CT molecular complexity index is 1500. The van der Waals surface area contributed by atoms with Crippen LogP contribution in [0.3, 0.4) is 0 Å². The fourth-order valence-corrected chi connectivity index (χ4v) is 4.27. The number of carbonyl (C=O) groups excluding carboxylic acids is 1. The van der Waals surface area contributed by atoms with Crippen LogP contribution in [0, 0.1) is 12.7 Å². The number of nitrogens with one attached hydrogen (secondary N) is 2. The number of aliphatic hydroxyl groups excluding tert-OH is 2. The van der Waals surface area contributed by atoms with Crippen LogP contribution in [0.2, 0.25) is 0 Å². The second kappa shape index (κ2) is 10.3. The van der Waals surface area contributed by atoms with Crippen molar-refractivity contribution >= 4 is 22.9 Å². The molecule has 198 valence electrons. The fourth-order valence-electron chi connectivity index (χ4n) is 4.27. The van der Waals surface area contributed by atoms with E-state index in [1.165, 1.54) is 37.3 Å². The van der Waals surface area contributed by atoms with Crippen molar-refractivity contribution in [2.75, 3.05) is 19.5 Å². The molecule has 4 N–H and O–H groups in total. The topological polar surface area (TPSA) is 157 Å². The molecule has 4 heterocycles. The van der Waals surface area contributed by atoms with Crippen LogP contribution in [0.4, 0.5) is 10.2 Å². The van der Waals surface area contributed by atoms with Gasteiger partial charge in [0.2, 0.25) is 0 Å². The third-order valence-corrected chi connectivity index (χ3v) is 6.29. The van der Waals surface area contributed by atoms with Crippen molar-refractivity contribution in [2.24, 2.45) is 0 Å². The van der Waals surface area contributed by atoms with Crippen LogP contribution in [0.5, 0.6) is 5.75 Å². The van der Waals surface area contributed by atoms with E-state index in [1.54, 1.807) is 24.4 Å². The van der Waals surface area contributed by atoms with E-state index in [9.17, 15) is 19.4 Å². The molecule has 1 fully saturated rings. The van der Waals surface area contributed by atoms with Gasteiger partial charge in [-0.25, -0.2) is 19.3 Å². The summed E-state index contributed by atoms with van der Waals surface area (Å²) in [7, 11) is 2.91. The second-order valence-corrected chi connectivity index (χ2v) is 8.82. The maximum atomic E-state index is 14.4. The number of imidazole rings is 1. The van der Waals surface area contributed by atoms with Crippen LogP contribution >= 0.6 is 0 Å². The molecule has 1 aliphatic rings. The maximum Gasteiger partial charge on any atom is 0.251 e. The fraction of sp³-hybridized carbons (Fsp3) is 0.320. The molecule has 1 aliphatic heterocycles. The summed E-state index contributed by atoms with van der Waals surface area (Å²) in [5.74, 6) is 0.0795. The molecule has 13 heteroatoms. The lowest BCUT2D eigenvalue weighted by molar-refractivity contribution is -0.137. The number of halogens is 1. The van der Waals surface area contributed by atoms with E-state index in [2.05, 4.69) is 30.6 Å². The zero-order valence-electron chi connectivity index (χ0n) is 20.8. The zero-order chi connectivity index (χ0) is 27.0. The lowest BCUT2D eigenvalue weighted by atomic mass is 10.1. The number of rotatable bonds is 7. The van der Waals surface area contributed by atoms with Crippen molar-refractivity contribution in [3.05, 3.63) is 59.9 Å². The number of hydrogen-bond donors (Lipinski definition) is 4. The van der Waals surface area contributed by atoms with E-state index in [-0.39, 0.29) is 23.8 Å². The summed E-state index contributed by atoms with van der Waals surface area (Å²) in [4.78, 5) is 30.0. The maximum absolute atomic E-state index is 14.4. The molecular weight excluding hydrogens is 497 g/mol. The van der Waals surface area contributed by atoms with Gasteiger partial charge in [0.15, 0.2) is 35.1 Å². The number of likely N-dealkylation sites (N-methyl/N-ethyl adjacent to an activating group) is 1. The van der Waals surface area contributed by atoms with Gasteiger partial charge < -0.3 is 30.3 Å². The van der Waals surface area contributed by atoms with Crippen molar-refractivity contribution in [3.63, 3.8) is 0 Å². The zero-order valence-corrected chi connectivity index (χ0v) is 20.8. The molecule has 38 heavy (non-hydrogen) atoms. The molecule has 1 saturated heterocycles. The van der Waals surface area contributed by atoms with E-state index < -0.39 is 30.4 Å². The van der Waals surface area contributed by atoms with E-state index in [4.69, 9.17) is 9.47 Å². The highest BCUT2D eigenvalue weighted by Crippen LogP contribution is 2.34. The van der Waals surface area contributed by atoms with Gasteiger partial charge in [0.25, 0.3) is 5.91 Å². The Morgan fingerprint density at radius 2 is 2.03 bits per heavy atom. The monoisotopic (exact) mass is 523 g/mol. The van der Waals surface area contributed by atoms with Crippen molar-refractivity contribution < 1.29 is 28.9 Å². The molecular formula is C25H26FN7O5. The molecule has 0 bridgehead atoms. The Hall–Kier alpha value is -4.20. The molecule has 5 rings (SSSR count). The van der Waals surface area contributed by atoms with Crippen LogP contribution in [0.1, 0.15) is 17.4 Å². The summed E-state index contributed by atoms with van der Waals surface area (Å²) < 4.78 is 26.8. The Labute approximate surface area is 216 Å². The third kappa shape index (κ3) is 4.62. The minimum absolute atomic E-state index is 0.113. The molecule has 12 nitrogen and oxygen atoms in total. The lowest BCUT2D eigenvalue weighted by Gasteiger charge is -2.17. The van der Waals surface area contributed by atoms with E-state index >= 15 is 0 Å². The first-order valence-electron chi connectivity index (χ1n) is 11.8. The number of carbonyl (C=O) groups is 1. The van der Waals surface area contributed by atoms with Crippen LogP contribution < -0.4 is 15.4 Å². The summed E-state index contributed by atoms with van der Waals surface area (Å²) in [5, 5.41) is 26.7. The lowest BCUT2D eigenvalue weighted by Crippen LogP contribution is -2.41. The first-order valence-corrected chi connectivity index (χ1v) is 11.8. The predicted octanol–water partition coefficient (Wildman–Crippen LogP) is 1.32. The number of ether oxygens (including phenoxy) is 2. The smallest absolute Gasteiger partial charge is 0.251 e. The number of methoxy groups -OCH3 is 1. The molecule has 0 spiro atoms. The van der Waals surface area contributed by atoms with Crippen molar-refractivity contribution in [3.8, 4) is 17.1 Å². The highest BCUT2D eigenvalue weighted by atomic mass is 19.1.